The Labute approximate surface area is 86.5 Å². The fraction of sp³-hybridized carbons (Fsp3) is 0.500. The molecule has 14 heavy (non-hydrogen) atoms. The third-order valence-electron chi connectivity index (χ3n) is 2.00. The SMILES string of the molecule is CCc1nn(C)c(Cl)c1C(N)C(=O)O. The Morgan fingerprint density at radius 1 is 1.79 bits per heavy atom. The van der Waals surface area contributed by atoms with Crippen LogP contribution in [0.25, 0.3) is 0 Å². The molecule has 0 spiro atoms. The Balaban J connectivity index is 3.23. The minimum atomic E-state index is -1.11. The maximum atomic E-state index is 10.7. The maximum Gasteiger partial charge on any atom is 0.325 e. The van der Waals surface area contributed by atoms with Crippen LogP contribution < -0.4 is 5.73 Å². The summed E-state index contributed by atoms with van der Waals surface area (Å²) in [6.07, 6.45) is 0.608. The van der Waals surface area contributed by atoms with Crippen LogP contribution in [0.15, 0.2) is 0 Å². The number of aryl methyl sites for hydroxylation is 2. The zero-order valence-corrected chi connectivity index (χ0v) is 8.75. The average molecular weight is 218 g/mol. The number of hydrogen-bond acceptors (Lipinski definition) is 3. The largest absolute Gasteiger partial charge is 0.480 e. The Kier molecular flexibility index (Phi) is 3.13. The first-order valence-electron chi connectivity index (χ1n) is 4.18. The number of carboxylic acid groups (broad SMARTS) is 1. The lowest BCUT2D eigenvalue weighted by atomic mass is 10.1. The predicted octanol–water partition coefficient (Wildman–Crippen LogP) is 0.720. The summed E-state index contributed by atoms with van der Waals surface area (Å²) in [5.74, 6) is -1.10. The first kappa shape index (κ1) is 11.0. The van der Waals surface area contributed by atoms with Crippen LogP contribution in [-0.2, 0) is 18.3 Å². The summed E-state index contributed by atoms with van der Waals surface area (Å²) in [5.41, 5.74) is 6.53. The highest BCUT2D eigenvalue weighted by atomic mass is 35.5. The van der Waals surface area contributed by atoms with E-state index < -0.39 is 12.0 Å². The van der Waals surface area contributed by atoms with Crippen molar-refractivity contribution in [1.29, 1.82) is 0 Å². The van der Waals surface area contributed by atoms with Gasteiger partial charge in [-0.15, -0.1) is 0 Å². The Bertz CT molecular complexity index is 362. The van der Waals surface area contributed by atoms with Gasteiger partial charge in [-0.25, -0.2) is 0 Å². The second-order valence-corrected chi connectivity index (χ2v) is 3.30. The van der Waals surface area contributed by atoms with E-state index >= 15 is 0 Å². The van der Waals surface area contributed by atoms with Crippen molar-refractivity contribution < 1.29 is 9.90 Å². The number of halogens is 1. The van der Waals surface area contributed by atoms with Gasteiger partial charge < -0.3 is 10.8 Å². The van der Waals surface area contributed by atoms with Crippen molar-refractivity contribution in [3.8, 4) is 0 Å². The molecule has 1 aromatic rings. The summed E-state index contributed by atoms with van der Waals surface area (Å²) in [6, 6.07) is -1.11. The summed E-state index contributed by atoms with van der Waals surface area (Å²) in [7, 11) is 1.65. The number of rotatable bonds is 3. The second kappa shape index (κ2) is 3.98. The van der Waals surface area contributed by atoms with E-state index in [9.17, 15) is 4.79 Å². The second-order valence-electron chi connectivity index (χ2n) is 2.94. The molecule has 0 saturated carbocycles. The summed E-state index contributed by atoms with van der Waals surface area (Å²) < 4.78 is 1.43. The van der Waals surface area contributed by atoms with Crippen LogP contribution in [0.4, 0.5) is 0 Å². The number of aromatic nitrogens is 2. The van der Waals surface area contributed by atoms with Crippen LogP contribution in [0, 0.1) is 0 Å². The molecule has 6 heteroatoms. The molecule has 0 aromatic carbocycles. The molecule has 0 aliphatic carbocycles. The average Bonchev–Trinajstić information content (AvgIpc) is 2.42. The van der Waals surface area contributed by atoms with Crippen molar-refractivity contribution in [2.24, 2.45) is 12.8 Å². The van der Waals surface area contributed by atoms with Crippen molar-refractivity contribution in [3.05, 3.63) is 16.4 Å². The van der Waals surface area contributed by atoms with Crippen LogP contribution in [0.3, 0.4) is 0 Å². The highest BCUT2D eigenvalue weighted by Gasteiger charge is 2.24. The molecule has 0 fully saturated rings. The number of hydrogen-bond donors (Lipinski definition) is 2. The summed E-state index contributed by atoms with van der Waals surface area (Å²) >= 11 is 5.89. The fourth-order valence-electron chi connectivity index (χ4n) is 1.26. The molecule has 1 unspecified atom stereocenters. The number of carboxylic acids is 1. The fourth-order valence-corrected chi connectivity index (χ4v) is 1.53. The number of carbonyl (C=O) groups is 1. The van der Waals surface area contributed by atoms with E-state index in [4.69, 9.17) is 22.4 Å². The Morgan fingerprint density at radius 2 is 2.36 bits per heavy atom. The Morgan fingerprint density at radius 3 is 2.79 bits per heavy atom. The van der Waals surface area contributed by atoms with Crippen molar-refractivity contribution >= 4 is 17.6 Å². The summed E-state index contributed by atoms with van der Waals surface area (Å²) in [6.45, 7) is 1.87. The third kappa shape index (κ3) is 1.73. The van der Waals surface area contributed by atoms with Crippen LogP contribution in [0.2, 0.25) is 5.15 Å². The summed E-state index contributed by atoms with van der Waals surface area (Å²) in [4.78, 5) is 10.7. The van der Waals surface area contributed by atoms with Gasteiger partial charge in [0.1, 0.15) is 11.2 Å². The van der Waals surface area contributed by atoms with Gasteiger partial charge in [-0.1, -0.05) is 18.5 Å². The van der Waals surface area contributed by atoms with Gasteiger partial charge in [0.15, 0.2) is 0 Å². The lowest BCUT2D eigenvalue weighted by molar-refractivity contribution is -0.138. The molecule has 0 radical (unpaired) electrons. The third-order valence-corrected chi connectivity index (χ3v) is 2.45. The van der Waals surface area contributed by atoms with Crippen molar-refractivity contribution in [2.45, 2.75) is 19.4 Å². The first-order valence-corrected chi connectivity index (χ1v) is 4.56. The monoisotopic (exact) mass is 217 g/mol. The molecule has 0 aliphatic heterocycles. The van der Waals surface area contributed by atoms with Gasteiger partial charge in [-0.3, -0.25) is 9.48 Å². The van der Waals surface area contributed by atoms with Gasteiger partial charge in [0.05, 0.1) is 5.69 Å². The molecule has 0 aliphatic rings. The van der Waals surface area contributed by atoms with E-state index in [2.05, 4.69) is 5.10 Å². The molecule has 1 aromatic heterocycles. The van der Waals surface area contributed by atoms with Gasteiger partial charge >= 0.3 is 5.97 Å². The van der Waals surface area contributed by atoms with Gasteiger partial charge in [-0.05, 0) is 6.42 Å². The number of nitrogens with two attached hydrogens (primary N) is 1. The highest BCUT2D eigenvalue weighted by molar-refractivity contribution is 6.30. The molecule has 0 saturated heterocycles. The van der Waals surface area contributed by atoms with Crippen LogP contribution >= 0.6 is 11.6 Å². The topological polar surface area (TPSA) is 81.1 Å². The zero-order chi connectivity index (χ0) is 10.9. The van der Waals surface area contributed by atoms with Gasteiger partial charge in [0, 0.05) is 12.6 Å². The minimum Gasteiger partial charge on any atom is -0.480 e. The molecule has 1 rings (SSSR count). The van der Waals surface area contributed by atoms with E-state index in [1.807, 2.05) is 6.92 Å². The van der Waals surface area contributed by atoms with Gasteiger partial charge in [-0.2, -0.15) is 5.10 Å². The molecular formula is C8H12ClN3O2. The van der Waals surface area contributed by atoms with Crippen LogP contribution in [0.1, 0.15) is 24.2 Å². The van der Waals surface area contributed by atoms with Crippen molar-refractivity contribution in [1.82, 2.24) is 9.78 Å². The zero-order valence-electron chi connectivity index (χ0n) is 7.99. The normalized spacial score (nSPS) is 12.9. The Hall–Kier alpha value is -1.07. The van der Waals surface area contributed by atoms with Crippen LogP contribution in [0.5, 0.6) is 0 Å². The summed E-state index contributed by atoms with van der Waals surface area (Å²) in [5, 5.41) is 13.1. The molecule has 78 valence electrons. The molecular weight excluding hydrogens is 206 g/mol. The lowest BCUT2D eigenvalue weighted by Gasteiger charge is -2.06. The van der Waals surface area contributed by atoms with Gasteiger partial charge in [0.25, 0.3) is 0 Å². The smallest absolute Gasteiger partial charge is 0.325 e. The molecule has 0 amide bonds. The molecule has 0 bridgehead atoms. The standard InChI is InChI=1S/C8H12ClN3O2/c1-3-4-5(6(10)8(13)14)7(9)12(2)11-4/h6H,3,10H2,1-2H3,(H,13,14). The molecule has 5 nitrogen and oxygen atoms in total. The molecule has 1 heterocycles. The predicted molar refractivity (Wildman–Crippen MR) is 52.2 cm³/mol. The van der Waals surface area contributed by atoms with E-state index in [0.29, 0.717) is 17.7 Å². The molecule has 1 atom stereocenters. The van der Waals surface area contributed by atoms with Crippen molar-refractivity contribution in [2.75, 3.05) is 0 Å². The van der Waals surface area contributed by atoms with E-state index in [-0.39, 0.29) is 5.15 Å². The molecule has 3 N–H and O–H groups in total. The number of nitrogens with zero attached hydrogens (tertiary/aromatic N) is 2. The highest BCUT2D eigenvalue weighted by Crippen LogP contribution is 2.25. The quantitative estimate of drug-likeness (QED) is 0.782. The minimum absolute atomic E-state index is 0.289. The van der Waals surface area contributed by atoms with E-state index in [1.165, 1.54) is 4.68 Å². The van der Waals surface area contributed by atoms with E-state index in [1.54, 1.807) is 7.05 Å². The first-order chi connectivity index (χ1) is 6.49. The van der Waals surface area contributed by atoms with Gasteiger partial charge in [0.2, 0.25) is 0 Å². The van der Waals surface area contributed by atoms with E-state index in [0.717, 1.165) is 0 Å². The van der Waals surface area contributed by atoms with Crippen LogP contribution in [-0.4, -0.2) is 20.9 Å². The lowest BCUT2D eigenvalue weighted by Crippen LogP contribution is -2.21. The maximum absolute atomic E-state index is 10.7. The number of aliphatic carboxylic acids is 1. The van der Waals surface area contributed by atoms with Crippen molar-refractivity contribution in [3.63, 3.8) is 0 Å².